The van der Waals surface area contributed by atoms with Gasteiger partial charge in [0.05, 0.1) is 4.90 Å². The number of nitrogens with one attached hydrogen (secondary N) is 1. The minimum atomic E-state index is -3.46. The number of nitrogens with zero attached hydrogens (tertiary/aromatic N) is 1. The van der Waals surface area contributed by atoms with E-state index in [1.165, 1.54) is 0 Å². The van der Waals surface area contributed by atoms with Gasteiger partial charge in [0.1, 0.15) is 0 Å². The lowest BCUT2D eigenvalue weighted by atomic mass is 10.2. The topological polar surface area (TPSA) is 66.5 Å². The molecule has 1 heterocycles. The molecule has 1 saturated carbocycles. The van der Waals surface area contributed by atoms with Gasteiger partial charge in [-0.1, -0.05) is 12.5 Å². The molecule has 1 aromatic rings. The first-order valence-corrected chi connectivity index (χ1v) is 9.34. The Labute approximate surface area is 131 Å². The van der Waals surface area contributed by atoms with E-state index in [2.05, 4.69) is 5.32 Å². The highest BCUT2D eigenvalue weighted by Gasteiger charge is 2.30. The van der Waals surface area contributed by atoms with Gasteiger partial charge in [-0.2, -0.15) is 4.31 Å². The van der Waals surface area contributed by atoms with Gasteiger partial charge in [0.2, 0.25) is 15.9 Å². The summed E-state index contributed by atoms with van der Waals surface area (Å²) in [4.78, 5) is 12.2. The number of aryl methyl sites for hydroxylation is 1. The van der Waals surface area contributed by atoms with Crippen molar-refractivity contribution in [1.29, 1.82) is 0 Å². The van der Waals surface area contributed by atoms with Crippen LogP contribution in [0.3, 0.4) is 0 Å². The van der Waals surface area contributed by atoms with Crippen LogP contribution in [0.25, 0.3) is 0 Å². The second-order valence-corrected chi connectivity index (χ2v) is 8.14. The van der Waals surface area contributed by atoms with Crippen molar-refractivity contribution in [1.82, 2.24) is 4.31 Å². The minimum absolute atomic E-state index is 0.00406. The highest BCUT2D eigenvalue weighted by Crippen LogP contribution is 2.31. The van der Waals surface area contributed by atoms with Crippen molar-refractivity contribution < 1.29 is 13.2 Å². The Balaban J connectivity index is 1.85. The van der Waals surface area contributed by atoms with Crippen LogP contribution in [0.15, 0.2) is 23.1 Å². The van der Waals surface area contributed by atoms with Gasteiger partial charge in [-0.25, -0.2) is 8.42 Å². The summed E-state index contributed by atoms with van der Waals surface area (Å²) in [7, 11) is -3.46. The van der Waals surface area contributed by atoms with Gasteiger partial charge >= 0.3 is 0 Å². The summed E-state index contributed by atoms with van der Waals surface area (Å²) in [5.74, 6) is 0.0948. The molecule has 0 bridgehead atoms. The summed E-state index contributed by atoms with van der Waals surface area (Å²) in [6, 6.07) is 4.99. The van der Waals surface area contributed by atoms with Crippen LogP contribution in [0.2, 0.25) is 0 Å². The molecule has 0 spiro atoms. The molecule has 1 amide bonds. The van der Waals surface area contributed by atoms with E-state index in [4.69, 9.17) is 0 Å². The molecule has 0 radical (unpaired) electrons. The standard InChI is InChI=1S/C16H22N2O3S/c1-12-5-8-14(11-15(12)17-16(19)13-6-7-13)22(20,21)18-9-3-2-4-10-18/h5,8,11,13H,2-4,6-7,9-10H2,1H3,(H,17,19). The Morgan fingerprint density at radius 1 is 1.18 bits per heavy atom. The average molecular weight is 322 g/mol. The molecule has 2 fully saturated rings. The molecule has 1 saturated heterocycles. The highest BCUT2D eigenvalue weighted by atomic mass is 32.2. The van der Waals surface area contributed by atoms with Crippen LogP contribution in [0, 0.1) is 12.8 Å². The average Bonchev–Trinajstić information content (AvgIpc) is 3.35. The first-order chi connectivity index (χ1) is 10.5. The van der Waals surface area contributed by atoms with Crippen LogP contribution < -0.4 is 5.32 Å². The molecule has 120 valence electrons. The van der Waals surface area contributed by atoms with Crippen molar-refractivity contribution in [2.24, 2.45) is 5.92 Å². The van der Waals surface area contributed by atoms with Crippen molar-refractivity contribution in [3.63, 3.8) is 0 Å². The number of sulfonamides is 1. The van der Waals surface area contributed by atoms with Crippen LogP contribution in [0.1, 0.15) is 37.7 Å². The van der Waals surface area contributed by atoms with E-state index in [0.29, 0.717) is 18.8 Å². The van der Waals surface area contributed by atoms with Crippen LogP contribution in [0.5, 0.6) is 0 Å². The Morgan fingerprint density at radius 2 is 1.86 bits per heavy atom. The summed E-state index contributed by atoms with van der Waals surface area (Å²) in [5.41, 5.74) is 1.49. The van der Waals surface area contributed by atoms with Gasteiger partial charge in [-0.05, 0) is 50.3 Å². The van der Waals surface area contributed by atoms with Crippen molar-refractivity contribution in [2.75, 3.05) is 18.4 Å². The molecule has 0 unspecified atom stereocenters. The van der Waals surface area contributed by atoms with Gasteiger partial charge in [-0.3, -0.25) is 4.79 Å². The molecular formula is C16H22N2O3S. The summed E-state index contributed by atoms with van der Waals surface area (Å²) < 4.78 is 26.9. The molecule has 6 heteroatoms. The molecule has 2 aliphatic rings. The number of carbonyl (C=O) groups excluding carboxylic acids is 1. The third-order valence-electron chi connectivity index (χ3n) is 4.37. The van der Waals surface area contributed by atoms with Crippen LogP contribution in [-0.4, -0.2) is 31.7 Å². The summed E-state index contributed by atoms with van der Waals surface area (Å²) in [6.45, 7) is 3.04. The lowest BCUT2D eigenvalue weighted by Crippen LogP contribution is -2.35. The van der Waals surface area contributed by atoms with Crippen molar-refractivity contribution in [2.45, 2.75) is 43.9 Å². The van der Waals surface area contributed by atoms with E-state index in [1.807, 2.05) is 6.92 Å². The van der Waals surface area contributed by atoms with E-state index < -0.39 is 10.0 Å². The Bertz CT molecular complexity index is 675. The predicted molar refractivity (Wildman–Crippen MR) is 85.1 cm³/mol. The molecule has 0 atom stereocenters. The number of amides is 1. The fraction of sp³-hybridized carbons (Fsp3) is 0.562. The van der Waals surface area contributed by atoms with Crippen LogP contribution in [-0.2, 0) is 14.8 Å². The smallest absolute Gasteiger partial charge is 0.243 e. The van der Waals surface area contributed by atoms with Crippen molar-refractivity contribution in [3.8, 4) is 0 Å². The number of hydrogen-bond acceptors (Lipinski definition) is 3. The molecule has 1 N–H and O–H groups in total. The molecule has 1 aromatic carbocycles. The zero-order valence-electron chi connectivity index (χ0n) is 12.8. The van der Waals surface area contributed by atoms with E-state index in [0.717, 1.165) is 37.7 Å². The third kappa shape index (κ3) is 3.17. The number of benzene rings is 1. The molecule has 5 nitrogen and oxygen atoms in total. The van der Waals surface area contributed by atoms with Gasteiger partial charge < -0.3 is 5.32 Å². The quantitative estimate of drug-likeness (QED) is 0.926. The predicted octanol–water partition coefficient (Wildman–Crippen LogP) is 2.52. The Morgan fingerprint density at radius 3 is 2.50 bits per heavy atom. The molecule has 1 aliphatic heterocycles. The number of anilines is 1. The lowest BCUT2D eigenvalue weighted by molar-refractivity contribution is -0.117. The second-order valence-electron chi connectivity index (χ2n) is 6.20. The number of piperidine rings is 1. The molecule has 22 heavy (non-hydrogen) atoms. The Kier molecular flexibility index (Phi) is 4.23. The lowest BCUT2D eigenvalue weighted by Gasteiger charge is -2.26. The summed E-state index contributed by atoms with van der Waals surface area (Å²) in [6.07, 6.45) is 4.77. The van der Waals surface area contributed by atoms with Gasteiger partial charge in [0.25, 0.3) is 0 Å². The SMILES string of the molecule is Cc1ccc(S(=O)(=O)N2CCCCC2)cc1NC(=O)C1CC1. The fourth-order valence-corrected chi connectivity index (χ4v) is 4.27. The molecule has 3 rings (SSSR count). The maximum atomic E-state index is 12.7. The monoisotopic (exact) mass is 322 g/mol. The first kappa shape index (κ1) is 15.5. The Hall–Kier alpha value is -1.40. The minimum Gasteiger partial charge on any atom is -0.326 e. The molecule has 0 aromatic heterocycles. The number of hydrogen-bond donors (Lipinski definition) is 1. The van der Waals surface area contributed by atoms with Gasteiger partial charge in [0.15, 0.2) is 0 Å². The normalized spacial score (nSPS) is 19.9. The van der Waals surface area contributed by atoms with E-state index in [-0.39, 0.29) is 16.7 Å². The van der Waals surface area contributed by atoms with E-state index in [1.54, 1.807) is 22.5 Å². The van der Waals surface area contributed by atoms with Crippen molar-refractivity contribution >= 4 is 21.6 Å². The van der Waals surface area contributed by atoms with E-state index >= 15 is 0 Å². The van der Waals surface area contributed by atoms with E-state index in [9.17, 15) is 13.2 Å². The van der Waals surface area contributed by atoms with Gasteiger partial charge in [-0.15, -0.1) is 0 Å². The zero-order chi connectivity index (χ0) is 15.7. The maximum Gasteiger partial charge on any atom is 0.243 e. The number of carbonyl (C=O) groups is 1. The fourth-order valence-electron chi connectivity index (χ4n) is 2.73. The largest absolute Gasteiger partial charge is 0.326 e. The number of rotatable bonds is 4. The van der Waals surface area contributed by atoms with Crippen molar-refractivity contribution in [3.05, 3.63) is 23.8 Å². The second kappa shape index (κ2) is 6.01. The van der Waals surface area contributed by atoms with Crippen LogP contribution >= 0.6 is 0 Å². The summed E-state index contributed by atoms with van der Waals surface area (Å²) in [5, 5.41) is 2.87. The highest BCUT2D eigenvalue weighted by molar-refractivity contribution is 7.89. The summed E-state index contributed by atoms with van der Waals surface area (Å²) >= 11 is 0. The third-order valence-corrected chi connectivity index (χ3v) is 6.26. The molecular weight excluding hydrogens is 300 g/mol. The maximum absolute atomic E-state index is 12.7. The molecule has 1 aliphatic carbocycles. The van der Waals surface area contributed by atoms with Crippen LogP contribution in [0.4, 0.5) is 5.69 Å². The zero-order valence-corrected chi connectivity index (χ0v) is 13.7. The first-order valence-electron chi connectivity index (χ1n) is 7.90. The van der Waals surface area contributed by atoms with Gasteiger partial charge in [0, 0.05) is 24.7 Å².